The smallest absolute Gasteiger partial charge is 0.201 e. The number of fused-ring (bicyclic) bond motifs is 15. The van der Waals surface area contributed by atoms with Gasteiger partial charge in [-0.3, -0.25) is 0 Å². The molecule has 6 aromatic carbocycles. The van der Waals surface area contributed by atoms with Crippen molar-refractivity contribution in [2.24, 2.45) is 47.7 Å². The summed E-state index contributed by atoms with van der Waals surface area (Å²) in [6, 6.07) is 65.3. The summed E-state index contributed by atoms with van der Waals surface area (Å²) in [6.45, 7) is 32.4. The van der Waals surface area contributed by atoms with Crippen LogP contribution in [0.15, 0.2) is 219 Å². The van der Waals surface area contributed by atoms with E-state index in [1.807, 2.05) is 7.05 Å². The maximum Gasteiger partial charge on any atom is 0.216 e. The average Bonchev–Trinajstić information content (AvgIpc) is 1.50. The molecule has 0 saturated heterocycles. The average molecular weight is 1460 g/mol. The molecular weight excluding hydrogens is 1330 g/mol. The number of aryl methyl sites for hydroxylation is 17. The lowest BCUT2D eigenvalue weighted by molar-refractivity contribution is -0.661. The predicted molar refractivity (Wildman–Crippen MR) is 456 cm³/mol. The first-order valence-corrected chi connectivity index (χ1v) is 40.6. The van der Waals surface area contributed by atoms with E-state index in [2.05, 4.69) is 386 Å². The maximum atomic E-state index is 9.30. The zero-order chi connectivity index (χ0) is 81.8. The topological polar surface area (TPSA) is 23.3 Å². The molecule has 6 aliphatic carbocycles. The molecule has 3 saturated carbocycles. The minimum absolute atomic E-state index is 0.367. The van der Waals surface area contributed by atoms with Crippen LogP contribution >= 0.6 is 0 Å². The number of pyridine rings is 6. The Morgan fingerprint density at radius 3 is 1.25 bits per heavy atom. The van der Waals surface area contributed by atoms with E-state index in [1.54, 1.807) is 11.1 Å². The molecule has 6 aromatic heterocycles. The standard InChI is InChI=1S/C20H24N.2C18H20N.C17H22N.C16H20N.C15H18N/c1-13-7-5-6-8-14(13)19-18-15(11-12-21(19)4)16-9-10-17(18)20(16,2)3;2*1-12-5-3-4-6-15(12)18-17-14-8-7-13(11-14)16(17)9-10-19(18)2;1-12(2)15-7-8-16(14(4)10-15)17-9-6-13(3)11-18(17)5;1-5-14-7-8-15(13(3)10-14)16-9-6-12(2)11-17(16)4;1-11-5-7-14(13(3)9-11)15-8-6-12(2)10-16(15)4/h5-8,11-12,16-17H,9-10H2,1-4H3;2*3-6,9-10,13-14H,7-8,11H2,1-2H3;6-12H,1-5H3;6-11H,5H2,1-4H3;5-10H,1-4H3/q6*+1/i16D,17D;13D,14D;;;;. The van der Waals surface area contributed by atoms with E-state index in [9.17, 15) is 1.37 Å². The highest BCUT2D eigenvalue weighted by molar-refractivity contribution is 5.72. The minimum atomic E-state index is -0.680. The third-order valence-corrected chi connectivity index (χ3v) is 24.8. The second kappa shape index (κ2) is 33.0. The number of benzene rings is 6. The summed E-state index contributed by atoms with van der Waals surface area (Å²) in [6.07, 6.45) is 22.0. The molecule has 6 atom stereocenters. The SMILES string of the molecule is CCc1ccc(-c2ccc(C)c[n+]2C)c(C)c1.Cc1ccc(-c2ccc(C(C)C)cc2C)[n+](C)c1.Cc1ccc(-c2ccc(C)c[n+]2C)c(C)c1.Cc1ccccc1-c1c2c(cc[n+]1C)C1CCC2C1.[2H]C12CCC([2H])(C1)c1c2cc[n+](C)c1-c1ccccc1C.[2H]C12CCC([2H])(c3c1cc[n+](C)c3-c1ccccc1C)C2(C)C. The predicted octanol–water partition coefficient (Wildman–Crippen LogP) is 22.6. The molecule has 3 fully saturated rings. The van der Waals surface area contributed by atoms with E-state index in [4.69, 9.17) is 4.11 Å². The van der Waals surface area contributed by atoms with Crippen LogP contribution in [0.25, 0.3) is 67.5 Å². The van der Waals surface area contributed by atoms with Crippen molar-refractivity contribution in [2.75, 3.05) is 0 Å². The van der Waals surface area contributed by atoms with Crippen LogP contribution in [0.1, 0.15) is 233 Å². The number of hydrogen-bond donors (Lipinski definition) is 0. The summed E-state index contributed by atoms with van der Waals surface area (Å²) in [5.41, 5.74) is 38.4. The molecule has 0 radical (unpaired) electrons. The molecule has 18 rings (SSSR count). The maximum absolute atomic E-state index is 9.30. The fourth-order valence-corrected chi connectivity index (χ4v) is 18.9. The van der Waals surface area contributed by atoms with Crippen LogP contribution < -0.4 is 27.4 Å². The van der Waals surface area contributed by atoms with E-state index in [0.29, 0.717) is 12.3 Å². The van der Waals surface area contributed by atoms with Crippen molar-refractivity contribution in [3.8, 4) is 67.5 Å². The van der Waals surface area contributed by atoms with Gasteiger partial charge in [0.25, 0.3) is 0 Å². The molecule has 6 heterocycles. The summed E-state index contributed by atoms with van der Waals surface area (Å²) in [7, 11) is 12.6. The normalized spacial score (nSPS) is 21.1. The fraction of sp³-hybridized carbons (Fsp3) is 0.365. The monoisotopic (exact) mass is 1460 g/mol. The lowest BCUT2D eigenvalue weighted by atomic mass is 9.79. The van der Waals surface area contributed by atoms with Gasteiger partial charge in [-0.15, -0.1) is 0 Å². The highest BCUT2D eigenvalue weighted by Crippen LogP contribution is 2.65. The van der Waals surface area contributed by atoms with Crippen LogP contribution in [-0.4, -0.2) is 0 Å². The third kappa shape index (κ3) is 16.0. The van der Waals surface area contributed by atoms with Crippen molar-refractivity contribution in [2.45, 2.75) is 203 Å². The second-order valence-electron chi connectivity index (χ2n) is 33.5. The van der Waals surface area contributed by atoms with Gasteiger partial charge in [-0.1, -0.05) is 131 Å². The van der Waals surface area contributed by atoms with E-state index in [0.717, 1.165) is 77.6 Å². The first kappa shape index (κ1) is 73.0. The Morgan fingerprint density at radius 1 is 0.355 bits per heavy atom. The van der Waals surface area contributed by atoms with E-state index < -0.39 is 23.6 Å². The van der Waals surface area contributed by atoms with Gasteiger partial charge in [-0.2, -0.15) is 0 Å². The zero-order valence-corrected chi connectivity index (χ0v) is 70.1. The van der Waals surface area contributed by atoms with Crippen molar-refractivity contribution >= 4 is 0 Å². The number of rotatable bonds is 8. The van der Waals surface area contributed by atoms with Crippen LogP contribution in [0, 0.1) is 74.7 Å². The van der Waals surface area contributed by atoms with Gasteiger partial charge >= 0.3 is 0 Å². The molecule has 564 valence electrons. The van der Waals surface area contributed by atoms with Crippen molar-refractivity contribution in [1.82, 2.24) is 0 Å². The Labute approximate surface area is 666 Å². The lowest BCUT2D eigenvalue weighted by Gasteiger charge is -2.24. The fourth-order valence-electron chi connectivity index (χ4n) is 18.9. The van der Waals surface area contributed by atoms with Crippen LogP contribution in [0.3, 0.4) is 0 Å². The highest BCUT2D eigenvalue weighted by Gasteiger charge is 2.54. The van der Waals surface area contributed by atoms with Gasteiger partial charge in [0.1, 0.15) is 42.3 Å². The summed E-state index contributed by atoms with van der Waals surface area (Å²) < 4.78 is 49.2. The van der Waals surface area contributed by atoms with Gasteiger partial charge in [0.05, 0.1) is 0 Å². The van der Waals surface area contributed by atoms with Gasteiger partial charge in [-0.05, 0) is 290 Å². The van der Waals surface area contributed by atoms with Gasteiger partial charge in [-0.25, -0.2) is 27.4 Å². The van der Waals surface area contributed by atoms with E-state index >= 15 is 0 Å². The van der Waals surface area contributed by atoms with Crippen molar-refractivity contribution in [3.63, 3.8) is 0 Å². The first-order valence-electron chi connectivity index (χ1n) is 42.6. The minimum Gasteiger partial charge on any atom is -0.201 e. The molecule has 0 aliphatic heterocycles. The molecule has 12 aromatic rings. The third-order valence-electron chi connectivity index (χ3n) is 24.8. The molecular formula is C104H124N6+6. The second-order valence-corrected chi connectivity index (χ2v) is 33.5. The van der Waals surface area contributed by atoms with Gasteiger partial charge in [0.15, 0.2) is 37.2 Å². The number of nitrogens with zero attached hydrogens (tertiary/aromatic N) is 6. The zero-order valence-electron chi connectivity index (χ0n) is 74.1. The Hall–Kier alpha value is -9.78. The number of aromatic nitrogens is 6. The van der Waals surface area contributed by atoms with Crippen molar-refractivity contribution < 1.29 is 32.9 Å². The van der Waals surface area contributed by atoms with Crippen LogP contribution in [0.2, 0.25) is 0 Å². The van der Waals surface area contributed by atoms with E-state index in [-0.39, 0.29) is 5.41 Å². The molecule has 6 bridgehead atoms. The Kier molecular flexibility index (Phi) is 21.9. The first-order chi connectivity index (χ1) is 54.1. The molecule has 6 nitrogen and oxygen atoms in total. The van der Waals surface area contributed by atoms with Crippen molar-refractivity contribution in [1.29, 1.82) is 0 Å². The van der Waals surface area contributed by atoms with E-state index in [1.165, 1.54) is 142 Å². The van der Waals surface area contributed by atoms with Crippen LogP contribution in [0.4, 0.5) is 0 Å². The quantitative estimate of drug-likeness (QED) is 0.135. The van der Waals surface area contributed by atoms with Gasteiger partial charge < -0.3 is 0 Å². The summed E-state index contributed by atoms with van der Waals surface area (Å²) >= 11 is 0. The molecule has 0 spiro atoms. The number of hydrogen-bond acceptors (Lipinski definition) is 0. The highest BCUT2D eigenvalue weighted by atomic mass is 15.0. The Bertz CT molecular complexity index is 5610. The summed E-state index contributed by atoms with van der Waals surface area (Å²) in [5, 5.41) is 0. The molecule has 6 unspecified atom stereocenters. The molecule has 6 heteroatoms. The Balaban J connectivity index is 0.000000120. The Morgan fingerprint density at radius 2 is 0.773 bits per heavy atom. The van der Waals surface area contributed by atoms with Gasteiger partial charge in [0, 0.05) is 109 Å². The van der Waals surface area contributed by atoms with Crippen molar-refractivity contribution in [3.05, 3.63) is 319 Å². The van der Waals surface area contributed by atoms with Crippen LogP contribution in [-0.2, 0) is 48.7 Å². The molecule has 6 aliphatic rings. The molecule has 0 amide bonds. The van der Waals surface area contributed by atoms with Gasteiger partial charge in [0.2, 0.25) is 34.2 Å². The molecule has 0 N–H and O–H groups in total. The largest absolute Gasteiger partial charge is 0.216 e. The lowest BCUT2D eigenvalue weighted by Crippen LogP contribution is -2.33. The molecule has 110 heavy (non-hydrogen) atoms. The summed E-state index contributed by atoms with van der Waals surface area (Å²) in [4.78, 5) is 0. The summed E-state index contributed by atoms with van der Waals surface area (Å²) in [5.74, 6) is -0.206. The van der Waals surface area contributed by atoms with Crippen LogP contribution in [0.5, 0.6) is 0 Å².